The SMILES string of the molecule is CN(CCN1CCOCC1)c1nc(O)c(C(=Cc2ccc(Cl)cc2C(F)(F)F)c2ccc3[nH]ncc3c2)s1. The smallest absolute Gasteiger partial charge is 0.417 e. The molecule has 1 aliphatic heterocycles. The van der Waals surface area contributed by atoms with Crippen LogP contribution in [-0.4, -0.2) is 71.6 Å². The number of anilines is 1. The minimum atomic E-state index is -4.61. The van der Waals surface area contributed by atoms with Crippen LogP contribution in [0.15, 0.2) is 42.6 Å². The number of nitrogens with one attached hydrogen (secondary N) is 1. The molecule has 0 amide bonds. The average molecular weight is 564 g/mol. The number of rotatable bonds is 7. The summed E-state index contributed by atoms with van der Waals surface area (Å²) in [4.78, 5) is 8.94. The van der Waals surface area contributed by atoms with Gasteiger partial charge in [-0.2, -0.15) is 23.3 Å². The van der Waals surface area contributed by atoms with Gasteiger partial charge < -0.3 is 14.7 Å². The van der Waals surface area contributed by atoms with E-state index >= 15 is 0 Å². The first-order valence-corrected chi connectivity index (χ1v) is 13.1. The van der Waals surface area contributed by atoms with Gasteiger partial charge in [-0.25, -0.2) is 0 Å². The molecule has 3 heterocycles. The summed E-state index contributed by atoms with van der Waals surface area (Å²) in [6.45, 7) is 4.58. The summed E-state index contributed by atoms with van der Waals surface area (Å²) in [6.07, 6.45) is -1.56. The number of H-pyrrole nitrogens is 1. The van der Waals surface area contributed by atoms with E-state index in [-0.39, 0.29) is 16.5 Å². The number of fused-ring (bicyclic) bond motifs is 1. The monoisotopic (exact) mass is 563 g/mol. The van der Waals surface area contributed by atoms with Gasteiger partial charge in [-0.3, -0.25) is 10.00 Å². The number of hydrogen-bond acceptors (Lipinski definition) is 7. The fraction of sp³-hybridized carbons (Fsp3) is 0.308. The highest BCUT2D eigenvalue weighted by Gasteiger charge is 2.33. The van der Waals surface area contributed by atoms with Crippen LogP contribution >= 0.6 is 22.9 Å². The molecule has 0 saturated carbocycles. The molecule has 2 N–H and O–H groups in total. The van der Waals surface area contributed by atoms with Gasteiger partial charge in [0.2, 0.25) is 5.88 Å². The van der Waals surface area contributed by atoms with Crippen molar-refractivity contribution in [2.75, 3.05) is 51.3 Å². The number of aromatic hydroxyl groups is 1. The first-order valence-electron chi connectivity index (χ1n) is 11.9. The fourth-order valence-electron chi connectivity index (χ4n) is 4.30. The third-order valence-electron chi connectivity index (χ3n) is 6.40. The Labute approximate surface area is 226 Å². The van der Waals surface area contributed by atoms with E-state index in [1.165, 1.54) is 29.5 Å². The number of hydrogen-bond donors (Lipinski definition) is 2. The third kappa shape index (κ3) is 5.80. The Morgan fingerprint density at radius 3 is 2.79 bits per heavy atom. The second-order valence-electron chi connectivity index (χ2n) is 8.98. The fourth-order valence-corrected chi connectivity index (χ4v) is 5.45. The number of thiazole rings is 1. The van der Waals surface area contributed by atoms with Crippen molar-refractivity contribution in [3.05, 3.63) is 69.2 Å². The molecule has 5 rings (SSSR count). The van der Waals surface area contributed by atoms with Crippen LogP contribution in [0.2, 0.25) is 5.02 Å². The summed E-state index contributed by atoms with van der Waals surface area (Å²) in [7, 11) is 1.88. The zero-order chi connectivity index (χ0) is 26.9. The summed E-state index contributed by atoms with van der Waals surface area (Å²) >= 11 is 7.12. The zero-order valence-corrected chi connectivity index (χ0v) is 22.0. The van der Waals surface area contributed by atoms with Crippen molar-refractivity contribution in [3.8, 4) is 5.88 Å². The molecule has 0 radical (unpaired) electrons. The highest BCUT2D eigenvalue weighted by Crippen LogP contribution is 2.42. The molecular formula is C26H25ClF3N5O2S. The van der Waals surface area contributed by atoms with Crippen LogP contribution in [-0.2, 0) is 10.9 Å². The van der Waals surface area contributed by atoms with Crippen molar-refractivity contribution in [3.63, 3.8) is 0 Å². The van der Waals surface area contributed by atoms with Crippen LogP contribution in [0, 0.1) is 0 Å². The minimum absolute atomic E-state index is 0.0133. The molecule has 38 heavy (non-hydrogen) atoms. The number of nitrogens with zero attached hydrogens (tertiary/aromatic N) is 4. The minimum Gasteiger partial charge on any atom is -0.492 e. The Balaban J connectivity index is 1.55. The van der Waals surface area contributed by atoms with Gasteiger partial charge in [0.25, 0.3) is 0 Å². The van der Waals surface area contributed by atoms with E-state index in [1.807, 2.05) is 18.0 Å². The van der Waals surface area contributed by atoms with Crippen molar-refractivity contribution >= 4 is 50.6 Å². The van der Waals surface area contributed by atoms with Crippen molar-refractivity contribution in [2.24, 2.45) is 0 Å². The number of likely N-dealkylation sites (N-methyl/N-ethyl adjacent to an activating group) is 1. The molecule has 1 aliphatic rings. The van der Waals surface area contributed by atoms with Gasteiger partial charge in [-0.15, -0.1) is 0 Å². The normalized spacial score (nSPS) is 15.3. The third-order valence-corrected chi connectivity index (χ3v) is 7.82. The Kier molecular flexibility index (Phi) is 7.62. The number of benzene rings is 2. The number of aromatic nitrogens is 3. The molecule has 2 aromatic heterocycles. The molecule has 7 nitrogen and oxygen atoms in total. The standard InChI is InChI=1S/C26H25ClF3N5O2S/c1-34(6-7-35-8-10-37-11-9-35)25-32-24(36)23(38-25)20(16-3-5-22-18(12-16)15-31-33-22)13-17-2-4-19(27)14-21(17)26(28,29)30/h2-5,12-15,36H,6-11H2,1H3,(H,31,33). The molecule has 0 atom stereocenters. The molecule has 0 unspecified atom stereocenters. The molecule has 2 aromatic carbocycles. The molecule has 0 aliphatic carbocycles. The lowest BCUT2D eigenvalue weighted by Gasteiger charge is -2.28. The van der Waals surface area contributed by atoms with Gasteiger partial charge in [0.05, 0.1) is 30.5 Å². The maximum Gasteiger partial charge on any atom is 0.417 e. The van der Waals surface area contributed by atoms with Gasteiger partial charge in [-0.1, -0.05) is 35.1 Å². The van der Waals surface area contributed by atoms with E-state index in [9.17, 15) is 18.3 Å². The predicted octanol–water partition coefficient (Wildman–Crippen LogP) is 5.75. The van der Waals surface area contributed by atoms with Gasteiger partial charge in [0, 0.05) is 49.2 Å². The number of morpholine rings is 1. The summed E-state index contributed by atoms with van der Waals surface area (Å²) in [5, 5.41) is 19.1. The number of alkyl halides is 3. The van der Waals surface area contributed by atoms with Gasteiger partial charge in [0.15, 0.2) is 5.13 Å². The number of ether oxygens (including phenoxy) is 1. The zero-order valence-electron chi connectivity index (χ0n) is 20.4. The summed E-state index contributed by atoms with van der Waals surface area (Å²) < 4.78 is 47.1. The second-order valence-corrected chi connectivity index (χ2v) is 10.4. The van der Waals surface area contributed by atoms with E-state index in [0.717, 1.165) is 36.6 Å². The Morgan fingerprint density at radius 1 is 1.24 bits per heavy atom. The molecule has 0 bridgehead atoms. The topological polar surface area (TPSA) is 77.5 Å². The molecule has 1 fully saturated rings. The highest BCUT2D eigenvalue weighted by molar-refractivity contribution is 7.17. The molecule has 12 heteroatoms. The van der Waals surface area contributed by atoms with Gasteiger partial charge >= 0.3 is 6.18 Å². The summed E-state index contributed by atoms with van der Waals surface area (Å²) in [5.74, 6) is -0.246. The largest absolute Gasteiger partial charge is 0.492 e. The van der Waals surface area contributed by atoms with Crippen LogP contribution in [0.25, 0.3) is 22.6 Å². The average Bonchev–Trinajstić information content (AvgIpc) is 3.52. The molecule has 1 saturated heterocycles. The second kappa shape index (κ2) is 10.9. The Hall–Kier alpha value is -3.12. The lowest BCUT2D eigenvalue weighted by atomic mass is 9.98. The maximum atomic E-state index is 13.9. The molecule has 4 aromatic rings. The quantitative estimate of drug-likeness (QED) is 0.279. The lowest BCUT2D eigenvalue weighted by molar-refractivity contribution is -0.137. The van der Waals surface area contributed by atoms with Crippen molar-refractivity contribution < 1.29 is 23.0 Å². The van der Waals surface area contributed by atoms with Crippen molar-refractivity contribution in [1.29, 1.82) is 0 Å². The summed E-state index contributed by atoms with van der Waals surface area (Å²) in [6, 6.07) is 9.03. The van der Waals surface area contributed by atoms with E-state index in [1.54, 1.807) is 18.3 Å². The maximum absolute atomic E-state index is 13.9. The first kappa shape index (κ1) is 26.5. The van der Waals surface area contributed by atoms with Crippen LogP contribution in [0.1, 0.15) is 21.6 Å². The van der Waals surface area contributed by atoms with Crippen LogP contribution < -0.4 is 4.90 Å². The van der Waals surface area contributed by atoms with Crippen molar-refractivity contribution in [2.45, 2.75) is 6.18 Å². The van der Waals surface area contributed by atoms with E-state index in [0.29, 0.717) is 40.9 Å². The van der Waals surface area contributed by atoms with Crippen LogP contribution in [0.4, 0.5) is 18.3 Å². The van der Waals surface area contributed by atoms with E-state index in [4.69, 9.17) is 16.3 Å². The van der Waals surface area contributed by atoms with Gasteiger partial charge in [0.1, 0.15) is 4.88 Å². The van der Waals surface area contributed by atoms with Crippen LogP contribution in [0.5, 0.6) is 5.88 Å². The van der Waals surface area contributed by atoms with Crippen LogP contribution in [0.3, 0.4) is 0 Å². The molecule has 0 spiro atoms. The van der Waals surface area contributed by atoms with E-state index < -0.39 is 11.7 Å². The lowest BCUT2D eigenvalue weighted by Crippen LogP contribution is -2.40. The number of aromatic amines is 1. The van der Waals surface area contributed by atoms with Gasteiger partial charge in [-0.05, 0) is 41.5 Å². The van der Waals surface area contributed by atoms with E-state index in [2.05, 4.69) is 20.1 Å². The summed E-state index contributed by atoms with van der Waals surface area (Å²) in [5.41, 5.74) is 0.873. The molecule has 200 valence electrons. The Bertz CT molecular complexity index is 1460. The predicted molar refractivity (Wildman–Crippen MR) is 144 cm³/mol. The first-order chi connectivity index (χ1) is 18.2. The number of halogens is 4. The Morgan fingerprint density at radius 2 is 2.03 bits per heavy atom. The highest BCUT2D eigenvalue weighted by atomic mass is 35.5. The van der Waals surface area contributed by atoms with Crippen molar-refractivity contribution in [1.82, 2.24) is 20.1 Å². The molecular weight excluding hydrogens is 539 g/mol.